The van der Waals surface area contributed by atoms with Crippen molar-refractivity contribution in [1.82, 2.24) is 10.2 Å². The van der Waals surface area contributed by atoms with E-state index in [9.17, 15) is 0 Å². The van der Waals surface area contributed by atoms with Gasteiger partial charge in [0, 0.05) is 0 Å². The second kappa shape index (κ2) is 9.82. The predicted molar refractivity (Wildman–Crippen MR) is 82.0 cm³/mol. The van der Waals surface area contributed by atoms with Gasteiger partial charge in [0.1, 0.15) is 5.75 Å². The van der Waals surface area contributed by atoms with Gasteiger partial charge in [-0.3, -0.25) is 0 Å². The molecule has 0 saturated carbocycles. The zero-order chi connectivity index (χ0) is 13.9. The summed E-state index contributed by atoms with van der Waals surface area (Å²) in [5.41, 5.74) is 1.28. The Balaban J connectivity index is 2.14. The first kappa shape index (κ1) is 16.0. The third-order valence-electron chi connectivity index (χ3n) is 3.49. The summed E-state index contributed by atoms with van der Waals surface area (Å²) in [6, 6.07) is 8.24. The molecule has 1 N–H and O–H groups in total. The summed E-state index contributed by atoms with van der Waals surface area (Å²) in [4.78, 5) is 2.46. The molecule has 3 heteroatoms. The number of nitrogens with zero attached hydrogens (tertiary/aromatic N) is 1. The fraction of sp³-hybridized carbons (Fsp3) is 0.625. The van der Waals surface area contributed by atoms with Crippen LogP contribution in [0, 0.1) is 0 Å². The van der Waals surface area contributed by atoms with E-state index < -0.39 is 0 Å². The van der Waals surface area contributed by atoms with Gasteiger partial charge in [0.05, 0.1) is 7.11 Å². The van der Waals surface area contributed by atoms with Gasteiger partial charge >= 0.3 is 0 Å². The van der Waals surface area contributed by atoms with Crippen molar-refractivity contribution < 1.29 is 4.74 Å². The number of hydrogen-bond acceptors (Lipinski definition) is 3. The summed E-state index contributed by atoms with van der Waals surface area (Å²) >= 11 is 0. The van der Waals surface area contributed by atoms with Gasteiger partial charge in [-0.05, 0) is 57.2 Å². The number of ether oxygens (including phenoxy) is 1. The van der Waals surface area contributed by atoms with Crippen LogP contribution in [-0.4, -0.2) is 44.7 Å². The summed E-state index contributed by atoms with van der Waals surface area (Å²) < 4.78 is 5.35. The van der Waals surface area contributed by atoms with Gasteiger partial charge in [-0.2, -0.15) is 0 Å². The van der Waals surface area contributed by atoms with E-state index in [-0.39, 0.29) is 0 Å². The Morgan fingerprint density at radius 3 is 2.53 bits per heavy atom. The first-order chi connectivity index (χ1) is 9.31. The lowest BCUT2D eigenvalue weighted by atomic mass is 10.1. The van der Waals surface area contributed by atoms with Crippen LogP contribution < -0.4 is 10.1 Å². The molecule has 0 atom stereocenters. The summed E-state index contributed by atoms with van der Waals surface area (Å²) in [6.45, 7) is 10.0. The van der Waals surface area contributed by atoms with Crippen molar-refractivity contribution in [2.75, 3.05) is 39.8 Å². The van der Waals surface area contributed by atoms with Crippen molar-refractivity contribution in [3.8, 4) is 5.75 Å². The number of nitrogens with one attached hydrogen (secondary N) is 1. The molecule has 0 aliphatic heterocycles. The lowest BCUT2D eigenvalue weighted by Crippen LogP contribution is -2.27. The van der Waals surface area contributed by atoms with Crippen molar-refractivity contribution >= 4 is 0 Å². The maximum atomic E-state index is 5.35. The summed E-state index contributed by atoms with van der Waals surface area (Å²) in [6.07, 6.45) is 2.24. The third-order valence-corrected chi connectivity index (χ3v) is 3.49. The molecular weight excluding hydrogens is 236 g/mol. The highest BCUT2D eigenvalue weighted by molar-refractivity contribution is 5.33. The Labute approximate surface area is 118 Å². The van der Waals surface area contributed by atoms with Crippen LogP contribution in [0.1, 0.15) is 25.8 Å². The molecule has 1 aromatic rings. The van der Waals surface area contributed by atoms with Gasteiger partial charge in [-0.15, -0.1) is 0 Å². The molecule has 0 heterocycles. The second-order valence-electron chi connectivity index (χ2n) is 4.69. The van der Waals surface area contributed by atoms with Gasteiger partial charge in [-0.25, -0.2) is 0 Å². The standard InChI is InChI=1S/C16H28N2O/c1-4-18(5-2)14-8-12-17-13-11-15-9-6-7-10-16(15)19-3/h6-7,9-10,17H,4-5,8,11-14H2,1-3H3. The summed E-state index contributed by atoms with van der Waals surface area (Å²) in [5.74, 6) is 0.993. The van der Waals surface area contributed by atoms with Crippen molar-refractivity contribution in [3.63, 3.8) is 0 Å². The number of para-hydroxylation sites is 1. The first-order valence-corrected chi connectivity index (χ1v) is 7.36. The van der Waals surface area contributed by atoms with E-state index in [2.05, 4.69) is 36.2 Å². The molecule has 0 fully saturated rings. The predicted octanol–water partition coefficient (Wildman–Crippen LogP) is 2.56. The summed E-state index contributed by atoms with van der Waals surface area (Å²) in [5, 5.41) is 3.51. The maximum Gasteiger partial charge on any atom is 0.122 e. The van der Waals surface area contributed by atoms with E-state index in [1.54, 1.807) is 7.11 Å². The molecule has 0 radical (unpaired) electrons. The van der Waals surface area contributed by atoms with Gasteiger partial charge in [-0.1, -0.05) is 32.0 Å². The largest absolute Gasteiger partial charge is 0.496 e. The molecule has 0 amide bonds. The number of rotatable bonds is 10. The normalized spacial score (nSPS) is 10.9. The highest BCUT2D eigenvalue weighted by Crippen LogP contribution is 2.17. The molecule has 0 aliphatic rings. The molecule has 0 aliphatic carbocycles. The molecule has 3 nitrogen and oxygen atoms in total. The Bertz CT molecular complexity index is 337. The minimum atomic E-state index is 0.993. The van der Waals surface area contributed by atoms with Gasteiger partial charge in [0.15, 0.2) is 0 Å². The Morgan fingerprint density at radius 1 is 1.11 bits per heavy atom. The van der Waals surface area contributed by atoms with Crippen LogP contribution >= 0.6 is 0 Å². The van der Waals surface area contributed by atoms with E-state index in [1.165, 1.54) is 18.5 Å². The van der Waals surface area contributed by atoms with Gasteiger partial charge in [0.25, 0.3) is 0 Å². The van der Waals surface area contributed by atoms with Crippen molar-refractivity contribution in [2.45, 2.75) is 26.7 Å². The number of benzene rings is 1. The van der Waals surface area contributed by atoms with E-state index in [1.807, 2.05) is 12.1 Å². The quantitative estimate of drug-likeness (QED) is 0.657. The summed E-state index contributed by atoms with van der Waals surface area (Å²) in [7, 11) is 1.73. The minimum absolute atomic E-state index is 0.993. The molecule has 0 aromatic heterocycles. The zero-order valence-corrected chi connectivity index (χ0v) is 12.6. The average Bonchev–Trinajstić information content (AvgIpc) is 2.47. The van der Waals surface area contributed by atoms with E-state index in [0.717, 1.165) is 38.3 Å². The molecule has 0 unspecified atom stereocenters. The number of methoxy groups -OCH3 is 1. The molecule has 19 heavy (non-hydrogen) atoms. The van der Waals surface area contributed by atoms with Crippen LogP contribution in [0.5, 0.6) is 5.75 Å². The Hall–Kier alpha value is -1.06. The molecule has 1 aromatic carbocycles. The van der Waals surface area contributed by atoms with Crippen LogP contribution in [0.3, 0.4) is 0 Å². The first-order valence-electron chi connectivity index (χ1n) is 7.36. The third kappa shape index (κ3) is 6.08. The average molecular weight is 264 g/mol. The van der Waals surface area contributed by atoms with Crippen LogP contribution in [-0.2, 0) is 6.42 Å². The molecule has 0 saturated heterocycles. The van der Waals surface area contributed by atoms with E-state index in [4.69, 9.17) is 4.74 Å². The Morgan fingerprint density at radius 2 is 1.84 bits per heavy atom. The van der Waals surface area contributed by atoms with Crippen molar-refractivity contribution in [1.29, 1.82) is 0 Å². The van der Waals surface area contributed by atoms with Crippen LogP contribution in [0.25, 0.3) is 0 Å². The van der Waals surface area contributed by atoms with E-state index >= 15 is 0 Å². The molecule has 108 valence electrons. The lowest BCUT2D eigenvalue weighted by molar-refractivity contribution is 0.298. The molecule has 0 bridgehead atoms. The number of hydrogen-bond donors (Lipinski definition) is 1. The van der Waals surface area contributed by atoms with Gasteiger partial charge in [0.2, 0.25) is 0 Å². The lowest BCUT2D eigenvalue weighted by Gasteiger charge is -2.17. The monoisotopic (exact) mass is 264 g/mol. The highest BCUT2D eigenvalue weighted by Gasteiger charge is 2.01. The fourth-order valence-corrected chi connectivity index (χ4v) is 2.23. The van der Waals surface area contributed by atoms with Crippen molar-refractivity contribution in [3.05, 3.63) is 29.8 Å². The fourth-order valence-electron chi connectivity index (χ4n) is 2.23. The maximum absolute atomic E-state index is 5.35. The zero-order valence-electron chi connectivity index (χ0n) is 12.6. The van der Waals surface area contributed by atoms with Crippen molar-refractivity contribution in [2.24, 2.45) is 0 Å². The van der Waals surface area contributed by atoms with Crippen LogP contribution in [0.4, 0.5) is 0 Å². The van der Waals surface area contributed by atoms with Crippen LogP contribution in [0.2, 0.25) is 0 Å². The molecule has 1 rings (SSSR count). The van der Waals surface area contributed by atoms with E-state index in [0.29, 0.717) is 0 Å². The molecular formula is C16H28N2O. The highest BCUT2D eigenvalue weighted by atomic mass is 16.5. The SMILES string of the molecule is CCN(CC)CCCNCCc1ccccc1OC. The topological polar surface area (TPSA) is 24.5 Å². The Kier molecular flexibility index (Phi) is 8.26. The van der Waals surface area contributed by atoms with Crippen LogP contribution in [0.15, 0.2) is 24.3 Å². The molecule has 0 spiro atoms. The minimum Gasteiger partial charge on any atom is -0.496 e. The second-order valence-corrected chi connectivity index (χ2v) is 4.69. The van der Waals surface area contributed by atoms with Gasteiger partial charge < -0.3 is 15.0 Å². The smallest absolute Gasteiger partial charge is 0.122 e.